The van der Waals surface area contributed by atoms with E-state index >= 15 is 0 Å². The Hall–Kier alpha value is -2.22. The van der Waals surface area contributed by atoms with Crippen LogP contribution in [0.5, 0.6) is 11.7 Å². The second kappa shape index (κ2) is 6.98. The average molecular weight is 309 g/mol. The van der Waals surface area contributed by atoms with Crippen LogP contribution in [0.4, 0.5) is 5.69 Å². The zero-order valence-corrected chi connectivity index (χ0v) is 12.5. The molecule has 2 aromatic rings. The monoisotopic (exact) mass is 309 g/mol. The molecular formula is C13H15N3O4S. The Morgan fingerprint density at radius 1 is 1.52 bits per heavy atom. The Balaban J connectivity index is 1.85. The summed E-state index contributed by atoms with van der Waals surface area (Å²) in [5.74, 6) is 0.405. The summed E-state index contributed by atoms with van der Waals surface area (Å²) in [6.45, 7) is 0. The normalized spacial score (nSPS) is 10.4. The fraction of sp³-hybridized carbons (Fsp3) is 0.308. The molecule has 0 aliphatic rings. The number of anilines is 1. The van der Waals surface area contributed by atoms with Gasteiger partial charge in [-0.2, -0.15) is 0 Å². The maximum atomic E-state index is 11.9. The van der Waals surface area contributed by atoms with Gasteiger partial charge >= 0.3 is 0 Å². The van der Waals surface area contributed by atoms with Crippen molar-refractivity contribution < 1.29 is 23.8 Å². The molecule has 0 aliphatic heterocycles. The van der Waals surface area contributed by atoms with Crippen molar-refractivity contribution in [2.75, 3.05) is 18.2 Å². The molecule has 1 N–H and O–H groups in total. The summed E-state index contributed by atoms with van der Waals surface area (Å²) in [5, 5.41) is 17.9. The highest BCUT2D eigenvalue weighted by molar-refractivity contribution is 7.99. The highest BCUT2D eigenvalue weighted by Crippen LogP contribution is 2.24. The fourth-order valence-electron chi connectivity index (χ4n) is 1.66. The lowest BCUT2D eigenvalue weighted by Crippen LogP contribution is -2.32. The van der Waals surface area contributed by atoms with Crippen molar-refractivity contribution in [3.05, 3.63) is 24.3 Å². The number of nitrogens with zero attached hydrogens (tertiary/aromatic N) is 2. The predicted octanol–water partition coefficient (Wildman–Crippen LogP) is 0.702. The van der Waals surface area contributed by atoms with Crippen LogP contribution in [-0.4, -0.2) is 24.0 Å². The number of hydrogen-bond donors (Lipinski definition) is 1. The molecule has 0 saturated carbocycles. The van der Waals surface area contributed by atoms with E-state index in [2.05, 4.69) is 15.1 Å². The molecule has 8 heteroatoms. The molecular weight excluding hydrogens is 294 g/mol. The van der Waals surface area contributed by atoms with Gasteiger partial charge in [-0.1, -0.05) is 28.6 Å². The zero-order valence-electron chi connectivity index (χ0n) is 11.7. The summed E-state index contributed by atoms with van der Waals surface area (Å²) in [6, 6.07) is 7.17. The molecule has 0 saturated heterocycles. The maximum absolute atomic E-state index is 11.9. The summed E-state index contributed by atoms with van der Waals surface area (Å²) < 4.78 is 11.0. The number of carbonyl (C=O) groups is 1. The van der Waals surface area contributed by atoms with Crippen molar-refractivity contribution in [2.45, 2.75) is 11.4 Å². The van der Waals surface area contributed by atoms with Crippen LogP contribution in [0.1, 0.15) is 6.42 Å². The molecule has 21 heavy (non-hydrogen) atoms. The van der Waals surface area contributed by atoms with Crippen LogP contribution in [0.15, 0.2) is 33.8 Å². The Morgan fingerprint density at radius 2 is 2.29 bits per heavy atom. The molecule has 2 rings (SSSR count). The molecule has 0 radical (unpaired) electrons. The highest BCUT2D eigenvalue weighted by Gasteiger charge is 2.14. The summed E-state index contributed by atoms with van der Waals surface area (Å²) in [4.78, 5) is 11.9. The standard InChI is InChI=1S/C13H15N3O4S/c1-16-12(13(18)20-15-16)21-8-7-11(17)14-9-5-3-4-6-10(9)19-2/h3-6H,7-8H2,1-2H3,(H-,14,15,17,18). The lowest BCUT2D eigenvalue weighted by molar-refractivity contribution is -0.772. The molecule has 0 fully saturated rings. The van der Waals surface area contributed by atoms with Crippen molar-refractivity contribution in [1.82, 2.24) is 5.27 Å². The molecule has 1 aromatic heterocycles. The van der Waals surface area contributed by atoms with Gasteiger partial charge in [-0.05, 0) is 12.1 Å². The molecule has 7 nitrogen and oxygen atoms in total. The van der Waals surface area contributed by atoms with Gasteiger partial charge in [0.15, 0.2) is 13.0 Å². The lowest BCUT2D eigenvalue weighted by atomic mass is 10.3. The number of aromatic nitrogens is 2. The third kappa shape index (κ3) is 3.88. The van der Waals surface area contributed by atoms with Crippen LogP contribution >= 0.6 is 11.8 Å². The zero-order chi connectivity index (χ0) is 15.2. The first-order valence-electron chi connectivity index (χ1n) is 6.20. The number of methoxy groups -OCH3 is 1. The van der Waals surface area contributed by atoms with Gasteiger partial charge in [0.1, 0.15) is 5.75 Å². The number of nitrogens with one attached hydrogen (secondary N) is 1. The number of benzene rings is 1. The van der Waals surface area contributed by atoms with Gasteiger partial charge in [0.25, 0.3) is 5.03 Å². The number of aryl methyl sites for hydroxylation is 1. The summed E-state index contributed by atoms with van der Waals surface area (Å²) in [7, 11) is 3.16. The van der Waals surface area contributed by atoms with E-state index in [9.17, 15) is 9.90 Å². The smallest absolute Gasteiger partial charge is 0.290 e. The summed E-state index contributed by atoms with van der Waals surface area (Å²) >= 11 is 1.23. The Morgan fingerprint density at radius 3 is 2.95 bits per heavy atom. The van der Waals surface area contributed by atoms with Crippen LogP contribution in [0.25, 0.3) is 0 Å². The number of amides is 1. The lowest BCUT2D eigenvalue weighted by Gasteiger charge is -2.09. The minimum absolute atomic E-state index is 0.154. The molecule has 1 amide bonds. The number of hydrogen-bond acceptors (Lipinski definition) is 6. The van der Waals surface area contributed by atoms with Crippen molar-refractivity contribution in [1.29, 1.82) is 0 Å². The van der Waals surface area contributed by atoms with E-state index < -0.39 is 5.95 Å². The number of carbonyl (C=O) groups excluding carboxylic acids is 1. The van der Waals surface area contributed by atoms with E-state index in [4.69, 9.17) is 4.74 Å². The van der Waals surface area contributed by atoms with Gasteiger partial charge in [-0.25, -0.2) is 0 Å². The fourth-order valence-corrected chi connectivity index (χ4v) is 2.52. The topological polar surface area (TPSA) is 91.3 Å². The quantitative estimate of drug-likeness (QED) is 0.624. The van der Waals surface area contributed by atoms with Crippen LogP contribution in [0, 0.1) is 0 Å². The van der Waals surface area contributed by atoms with E-state index in [1.165, 1.54) is 16.4 Å². The molecule has 0 spiro atoms. The average Bonchev–Trinajstić information content (AvgIpc) is 2.79. The number of rotatable bonds is 6. The second-order valence-electron chi connectivity index (χ2n) is 4.14. The Labute approximate surface area is 125 Å². The minimum atomic E-state index is -0.493. The first-order valence-corrected chi connectivity index (χ1v) is 7.19. The van der Waals surface area contributed by atoms with E-state index in [-0.39, 0.29) is 12.3 Å². The van der Waals surface area contributed by atoms with Gasteiger partial charge in [0, 0.05) is 12.2 Å². The third-order valence-electron chi connectivity index (χ3n) is 2.66. The van der Waals surface area contributed by atoms with Crippen molar-refractivity contribution in [2.24, 2.45) is 7.05 Å². The van der Waals surface area contributed by atoms with Crippen molar-refractivity contribution >= 4 is 23.4 Å². The Kier molecular flexibility index (Phi) is 5.04. The molecule has 112 valence electrons. The molecule has 0 unspecified atom stereocenters. The maximum Gasteiger partial charge on any atom is 0.290 e. The van der Waals surface area contributed by atoms with Crippen molar-refractivity contribution in [3.8, 4) is 11.7 Å². The summed E-state index contributed by atoms with van der Waals surface area (Å²) in [5.41, 5.74) is 0.620. The van der Waals surface area contributed by atoms with Crippen LogP contribution in [-0.2, 0) is 11.8 Å². The van der Waals surface area contributed by atoms with Gasteiger partial charge in [0.05, 0.1) is 18.1 Å². The SMILES string of the molecule is COc1ccccc1NC(=O)CCSc1c([O-])on[n+]1C. The molecule has 1 aromatic carbocycles. The van der Waals surface area contributed by atoms with Gasteiger partial charge in [-0.15, -0.1) is 0 Å². The number of para-hydroxylation sites is 2. The molecule has 0 bridgehead atoms. The second-order valence-corrected chi connectivity index (χ2v) is 5.22. The van der Waals surface area contributed by atoms with Crippen LogP contribution in [0.3, 0.4) is 0 Å². The molecule has 0 atom stereocenters. The first kappa shape index (κ1) is 15.2. The molecule has 0 aliphatic carbocycles. The van der Waals surface area contributed by atoms with Gasteiger partial charge in [0.2, 0.25) is 5.91 Å². The Bertz CT molecular complexity index is 610. The largest absolute Gasteiger partial charge is 0.538 e. The number of thioether (sulfide) groups is 1. The van der Waals surface area contributed by atoms with E-state index in [1.54, 1.807) is 26.3 Å². The van der Waals surface area contributed by atoms with E-state index in [0.29, 0.717) is 22.2 Å². The van der Waals surface area contributed by atoms with Gasteiger partial charge in [-0.3, -0.25) is 4.79 Å². The van der Waals surface area contributed by atoms with Crippen molar-refractivity contribution in [3.63, 3.8) is 0 Å². The van der Waals surface area contributed by atoms with Crippen LogP contribution < -0.4 is 19.8 Å². The van der Waals surface area contributed by atoms with Gasteiger partial charge < -0.3 is 19.7 Å². The first-order chi connectivity index (χ1) is 10.1. The van der Waals surface area contributed by atoms with Crippen LogP contribution in [0.2, 0.25) is 0 Å². The van der Waals surface area contributed by atoms with E-state index in [0.717, 1.165) is 0 Å². The molecule has 1 heterocycles. The third-order valence-corrected chi connectivity index (χ3v) is 3.78. The minimum Gasteiger partial charge on any atom is -0.538 e. The predicted molar refractivity (Wildman–Crippen MR) is 74.1 cm³/mol. The summed E-state index contributed by atoms with van der Waals surface area (Å²) in [6.07, 6.45) is 0.257. The highest BCUT2D eigenvalue weighted by atomic mass is 32.2. The van der Waals surface area contributed by atoms with E-state index in [1.807, 2.05) is 12.1 Å². The number of ether oxygens (including phenoxy) is 1.